The number of carbonyl (C=O) groups is 1. The van der Waals surface area contributed by atoms with Crippen LogP contribution in [0.4, 0.5) is 5.69 Å². The Bertz CT molecular complexity index is 1220. The summed E-state index contributed by atoms with van der Waals surface area (Å²) in [5.41, 5.74) is 5.13. The highest BCUT2D eigenvalue weighted by Gasteiger charge is 2.33. The number of benzene rings is 2. The average Bonchev–Trinajstić information content (AvgIpc) is 3.14. The number of nitrogens with zero attached hydrogens (tertiary/aromatic N) is 3. The lowest BCUT2D eigenvalue weighted by atomic mass is 9.87. The van der Waals surface area contributed by atoms with Crippen molar-refractivity contribution in [2.75, 3.05) is 45.2 Å². The fraction of sp³-hybridized carbons (Fsp3) is 0.364. The van der Waals surface area contributed by atoms with E-state index >= 15 is 0 Å². The van der Waals surface area contributed by atoms with E-state index in [1.165, 1.54) is 4.31 Å². The molecule has 2 aromatic carbocycles. The highest BCUT2D eigenvalue weighted by atomic mass is 32.2. The molecule has 1 saturated heterocycles. The summed E-state index contributed by atoms with van der Waals surface area (Å²) in [5.74, 6) is -0.429. The molecule has 168 valence electrons. The van der Waals surface area contributed by atoms with Gasteiger partial charge >= 0.3 is 0 Å². The third kappa shape index (κ3) is 3.39. The van der Waals surface area contributed by atoms with Crippen LogP contribution in [0.5, 0.6) is 0 Å². The summed E-state index contributed by atoms with van der Waals surface area (Å²) in [4.78, 5) is 14.7. The van der Waals surface area contributed by atoms with Gasteiger partial charge in [-0.3, -0.25) is 4.79 Å². The van der Waals surface area contributed by atoms with Crippen molar-refractivity contribution >= 4 is 27.3 Å². The third-order valence-corrected chi connectivity index (χ3v) is 8.22. The number of hydrogen-bond acceptors (Lipinski definition) is 7. The first kappa shape index (κ1) is 21.1. The minimum absolute atomic E-state index is 0.0104. The Morgan fingerprint density at radius 3 is 2.47 bits per heavy atom. The molecule has 0 aromatic heterocycles. The summed E-state index contributed by atoms with van der Waals surface area (Å²) in [7, 11) is -1.56. The van der Waals surface area contributed by atoms with Crippen molar-refractivity contribution in [3.05, 3.63) is 47.0 Å². The predicted octanol–water partition coefficient (Wildman–Crippen LogP) is 1.49. The zero-order valence-corrected chi connectivity index (χ0v) is 18.5. The van der Waals surface area contributed by atoms with E-state index in [2.05, 4.69) is 15.4 Å². The van der Waals surface area contributed by atoms with Gasteiger partial charge in [-0.1, -0.05) is 17.3 Å². The summed E-state index contributed by atoms with van der Waals surface area (Å²) in [5, 5.41) is 15.4. The highest BCUT2D eigenvalue weighted by Crippen LogP contribution is 2.40. The van der Waals surface area contributed by atoms with E-state index in [1.54, 1.807) is 24.3 Å². The van der Waals surface area contributed by atoms with Crippen LogP contribution in [0.2, 0.25) is 0 Å². The summed E-state index contributed by atoms with van der Waals surface area (Å²) in [6.07, 6.45) is 0.795. The first-order valence-corrected chi connectivity index (χ1v) is 11.9. The monoisotopic (exact) mass is 456 g/mol. The van der Waals surface area contributed by atoms with Crippen LogP contribution in [0.3, 0.4) is 0 Å². The van der Waals surface area contributed by atoms with Crippen LogP contribution in [0.25, 0.3) is 11.1 Å². The zero-order valence-electron chi connectivity index (χ0n) is 17.7. The van der Waals surface area contributed by atoms with Gasteiger partial charge in [0.15, 0.2) is 5.71 Å². The molecule has 10 heteroatoms. The van der Waals surface area contributed by atoms with Crippen molar-refractivity contribution in [2.24, 2.45) is 5.16 Å². The Hall–Kier alpha value is -2.79. The SMILES string of the molecule is CN1CCc2c(-c3ccc(S(=O)(=O)N4CCOCC4)cc3)cc3c(c2C1)NC(=O)/C3=N/O. The van der Waals surface area contributed by atoms with Gasteiger partial charge in [0.1, 0.15) is 0 Å². The molecule has 5 rings (SSSR count). The van der Waals surface area contributed by atoms with Gasteiger partial charge in [-0.15, -0.1) is 0 Å². The molecule has 1 amide bonds. The quantitative estimate of drug-likeness (QED) is 0.535. The molecule has 0 saturated carbocycles. The lowest BCUT2D eigenvalue weighted by Crippen LogP contribution is -2.40. The van der Waals surface area contributed by atoms with Crippen LogP contribution in [0, 0.1) is 0 Å². The Morgan fingerprint density at radius 2 is 1.78 bits per heavy atom. The standard InChI is InChI=1S/C22H24N4O5S/c1-25-7-6-16-17(12-18-20(19(16)13-25)23-22(27)21(18)24-28)14-2-4-15(5-3-14)32(29,30)26-8-10-31-11-9-26/h2-5,12,28H,6-11,13H2,1H3,(H,23,24,27). The van der Waals surface area contributed by atoms with Crippen LogP contribution >= 0.6 is 0 Å². The number of anilines is 1. The predicted molar refractivity (Wildman–Crippen MR) is 118 cm³/mol. The van der Waals surface area contributed by atoms with E-state index < -0.39 is 15.9 Å². The molecule has 3 aliphatic rings. The first-order chi connectivity index (χ1) is 15.4. The Morgan fingerprint density at radius 1 is 1.06 bits per heavy atom. The molecule has 0 radical (unpaired) electrons. The number of ether oxygens (including phenoxy) is 1. The smallest absolute Gasteiger partial charge is 0.278 e. The normalized spacial score (nSPS) is 20.8. The van der Waals surface area contributed by atoms with Gasteiger partial charge in [-0.05, 0) is 53.9 Å². The van der Waals surface area contributed by atoms with Crippen LogP contribution in [0.15, 0.2) is 40.4 Å². The van der Waals surface area contributed by atoms with Gasteiger partial charge in [0.05, 0.1) is 23.8 Å². The zero-order chi connectivity index (χ0) is 22.5. The van der Waals surface area contributed by atoms with E-state index in [9.17, 15) is 18.4 Å². The molecule has 0 spiro atoms. The van der Waals surface area contributed by atoms with Gasteiger partial charge < -0.3 is 20.2 Å². The number of morpholine rings is 1. The molecule has 0 bridgehead atoms. The molecule has 0 aliphatic carbocycles. The third-order valence-electron chi connectivity index (χ3n) is 6.30. The van der Waals surface area contributed by atoms with E-state index in [4.69, 9.17) is 4.74 Å². The van der Waals surface area contributed by atoms with Crippen molar-refractivity contribution in [3.8, 4) is 11.1 Å². The topological polar surface area (TPSA) is 112 Å². The number of amides is 1. The summed E-state index contributed by atoms with van der Waals surface area (Å²) >= 11 is 0. The van der Waals surface area contributed by atoms with Gasteiger partial charge in [-0.25, -0.2) is 8.42 Å². The maximum absolute atomic E-state index is 13.0. The molecule has 0 unspecified atom stereocenters. The number of oxime groups is 1. The molecule has 3 heterocycles. The Labute approximate surface area is 186 Å². The van der Waals surface area contributed by atoms with Gasteiger partial charge in [0.2, 0.25) is 10.0 Å². The minimum Gasteiger partial charge on any atom is -0.410 e. The van der Waals surface area contributed by atoms with Crippen LogP contribution < -0.4 is 5.32 Å². The molecule has 3 aliphatic heterocycles. The van der Waals surface area contributed by atoms with Gasteiger partial charge in [-0.2, -0.15) is 4.31 Å². The number of likely N-dealkylation sites (N-methyl/N-ethyl adjacent to an activating group) is 1. The van der Waals surface area contributed by atoms with Gasteiger partial charge in [0, 0.05) is 31.7 Å². The molecular formula is C22H24N4O5S. The molecule has 1 fully saturated rings. The van der Waals surface area contributed by atoms with Crippen molar-refractivity contribution in [1.29, 1.82) is 0 Å². The number of carbonyl (C=O) groups excluding carboxylic acids is 1. The van der Waals surface area contributed by atoms with E-state index in [0.29, 0.717) is 44.1 Å². The second kappa shape index (κ2) is 7.96. The van der Waals surface area contributed by atoms with Crippen molar-refractivity contribution in [1.82, 2.24) is 9.21 Å². The molecule has 0 atom stereocenters. The summed E-state index contributed by atoms with van der Waals surface area (Å²) < 4.78 is 32.6. The van der Waals surface area contributed by atoms with Crippen molar-refractivity contribution in [3.63, 3.8) is 0 Å². The maximum Gasteiger partial charge on any atom is 0.278 e. The van der Waals surface area contributed by atoms with Crippen molar-refractivity contribution < 1.29 is 23.2 Å². The molecule has 2 N–H and O–H groups in total. The van der Waals surface area contributed by atoms with Crippen molar-refractivity contribution in [2.45, 2.75) is 17.9 Å². The van der Waals surface area contributed by atoms with E-state index in [0.717, 1.165) is 35.2 Å². The fourth-order valence-corrected chi connectivity index (χ4v) is 6.02. The molecule has 2 aromatic rings. The number of nitrogens with one attached hydrogen (secondary N) is 1. The first-order valence-electron chi connectivity index (χ1n) is 10.5. The number of sulfonamides is 1. The molecule has 9 nitrogen and oxygen atoms in total. The van der Waals surface area contributed by atoms with E-state index in [1.807, 2.05) is 13.1 Å². The Balaban J connectivity index is 1.58. The molecular weight excluding hydrogens is 432 g/mol. The van der Waals surface area contributed by atoms with E-state index in [-0.39, 0.29) is 10.6 Å². The lowest BCUT2D eigenvalue weighted by molar-refractivity contribution is -0.110. The van der Waals surface area contributed by atoms with Crippen LogP contribution in [0.1, 0.15) is 16.7 Å². The molecule has 32 heavy (non-hydrogen) atoms. The minimum atomic E-state index is -3.58. The largest absolute Gasteiger partial charge is 0.410 e. The van der Waals surface area contributed by atoms with Gasteiger partial charge in [0.25, 0.3) is 5.91 Å². The van der Waals surface area contributed by atoms with Crippen LogP contribution in [-0.2, 0) is 32.5 Å². The number of hydrogen-bond donors (Lipinski definition) is 2. The average molecular weight is 457 g/mol. The number of fused-ring (bicyclic) bond motifs is 3. The second-order valence-electron chi connectivity index (χ2n) is 8.24. The lowest BCUT2D eigenvalue weighted by Gasteiger charge is -2.29. The van der Waals surface area contributed by atoms with Crippen LogP contribution in [-0.4, -0.2) is 74.3 Å². The maximum atomic E-state index is 13.0. The second-order valence-corrected chi connectivity index (χ2v) is 10.2. The fourth-order valence-electron chi connectivity index (χ4n) is 4.62. The Kier molecular flexibility index (Phi) is 5.25. The highest BCUT2D eigenvalue weighted by molar-refractivity contribution is 7.89. The summed E-state index contributed by atoms with van der Waals surface area (Å²) in [6.45, 7) is 3.02. The summed E-state index contributed by atoms with van der Waals surface area (Å²) in [6, 6.07) is 8.71. The number of rotatable bonds is 3.